The fraction of sp³-hybridized carbons (Fsp3) is 0.0952. The van der Waals surface area contributed by atoms with Crippen LogP contribution < -0.4 is 10.1 Å². The molecular weight excluding hydrogens is 350 g/mol. The molecule has 0 amide bonds. The fourth-order valence-electron chi connectivity index (χ4n) is 2.54. The van der Waals surface area contributed by atoms with Crippen LogP contribution in [0.5, 0.6) is 5.75 Å². The van der Waals surface area contributed by atoms with Crippen molar-refractivity contribution in [3.63, 3.8) is 0 Å². The zero-order valence-electron chi connectivity index (χ0n) is 14.0. The van der Waals surface area contributed by atoms with Gasteiger partial charge < -0.3 is 15.2 Å². The molecule has 0 bridgehead atoms. The molecule has 4 nitrogen and oxygen atoms in total. The second kappa shape index (κ2) is 8.41. The highest BCUT2D eigenvalue weighted by Crippen LogP contribution is 2.22. The first-order chi connectivity index (χ1) is 12.6. The molecule has 3 aromatic carbocycles. The Morgan fingerprint density at radius 1 is 1.00 bits per heavy atom. The summed E-state index contributed by atoms with van der Waals surface area (Å²) in [6.07, 6.45) is 0. The van der Waals surface area contributed by atoms with E-state index in [9.17, 15) is 4.79 Å². The molecule has 0 aliphatic carbocycles. The topological polar surface area (TPSA) is 58.6 Å². The number of carboxylic acid groups (broad SMARTS) is 1. The highest BCUT2D eigenvalue weighted by atomic mass is 35.5. The first kappa shape index (κ1) is 17.8. The predicted molar refractivity (Wildman–Crippen MR) is 103 cm³/mol. The Hall–Kier alpha value is -2.98. The number of ether oxygens (including phenoxy) is 1. The largest absolute Gasteiger partial charge is 0.489 e. The third-order valence-corrected chi connectivity index (χ3v) is 4.08. The standard InChI is InChI=1S/C21H18ClNO3/c22-18-8-3-5-15(11-18)14-26-20-10-2-1-6-17(20)13-23-19-9-4-7-16(12-19)21(24)25/h1-12,23H,13-14H2,(H,24,25). The number of halogens is 1. The van der Waals surface area contributed by atoms with Crippen LogP contribution in [0.3, 0.4) is 0 Å². The van der Waals surface area contributed by atoms with Crippen molar-refractivity contribution < 1.29 is 14.6 Å². The summed E-state index contributed by atoms with van der Waals surface area (Å²) < 4.78 is 5.94. The van der Waals surface area contributed by atoms with Crippen LogP contribution in [-0.2, 0) is 13.2 Å². The predicted octanol–water partition coefficient (Wildman–Crippen LogP) is 5.23. The Morgan fingerprint density at radius 2 is 1.81 bits per heavy atom. The van der Waals surface area contributed by atoms with Gasteiger partial charge in [0.15, 0.2) is 0 Å². The second-order valence-electron chi connectivity index (χ2n) is 5.77. The molecule has 0 saturated carbocycles. The van der Waals surface area contributed by atoms with E-state index in [1.54, 1.807) is 18.2 Å². The molecule has 26 heavy (non-hydrogen) atoms. The molecule has 0 aliphatic heterocycles. The smallest absolute Gasteiger partial charge is 0.335 e. The molecule has 132 valence electrons. The summed E-state index contributed by atoms with van der Waals surface area (Å²) in [5.41, 5.74) is 2.97. The number of carboxylic acids is 1. The molecule has 3 aromatic rings. The van der Waals surface area contributed by atoms with Crippen LogP contribution in [0.2, 0.25) is 5.02 Å². The maximum atomic E-state index is 11.1. The van der Waals surface area contributed by atoms with Crippen LogP contribution in [0.15, 0.2) is 72.8 Å². The number of hydrogen-bond acceptors (Lipinski definition) is 3. The first-order valence-corrected chi connectivity index (χ1v) is 8.52. The molecule has 0 atom stereocenters. The van der Waals surface area contributed by atoms with E-state index in [0.717, 1.165) is 22.6 Å². The molecule has 0 aliphatic rings. The van der Waals surface area contributed by atoms with E-state index >= 15 is 0 Å². The highest BCUT2D eigenvalue weighted by molar-refractivity contribution is 6.30. The van der Waals surface area contributed by atoms with Crippen molar-refractivity contribution in [2.45, 2.75) is 13.2 Å². The Labute approximate surface area is 157 Å². The first-order valence-electron chi connectivity index (χ1n) is 8.14. The minimum atomic E-state index is -0.945. The molecule has 2 N–H and O–H groups in total. The number of carbonyl (C=O) groups is 1. The van der Waals surface area contributed by atoms with Gasteiger partial charge in [0.2, 0.25) is 0 Å². The van der Waals surface area contributed by atoms with Gasteiger partial charge >= 0.3 is 5.97 Å². The van der Waals surface area contributed by atoms with Crippen LogP contribution >= 0.6 is 11.6 Å². The monoisotopic (exact) mass is 367 g/mol. The van der Waals surface area contributed by atoms with E-state index < -0.39 is 5.97 Å². The average Bonchev–Trinajstić information content (AvgIpc) is 2.65. The van der Waals surface area contributed by atoms with Crippen LogP contribution in [0, 0.1) is 0 Å². The maximum Gasteiger partial charge on any atom is 0.335 e. The molecule has 0 aromatic heterocycles. The highest BCUT2D eigenvalue weighted by Gasteiger charge is 2.06. The van der Waals surface area contributed by atoms with Gasteiger partial charge in [-0.3, -0.25) is 0 Å². The van der Waals surface area contributed by atoms with E-state index in [0.29, 0.717) is 18.2 Å². The van der Waals surface area contributed by atoms with E-state index in [1.807, 2.05) is 54.6 Å². The van der Waals surface area contributed by atoms with E-state index in [1.165, 1.54) is 0 Å². The van der Waals surface area contributed by atoms with Crippen molar-refractivity contribution >= 4 is 23.3 Å². The number of hydrogen-bond donors (Lipinski definition) is 2. The summed E-state index contributed by atoms with van der Waals surface area (Å²) in [5, 5.41) is 13.0. The van der Waals surface area contributed by atoms with Crippen molar-refractivity contribution in [3.8, 4) is 5.75 Å². The molecular formula is C21H18ClNO3. The van der Waals surface area contributed by atoms with Gasteiger partial charge in [-0.15, -0.1) is 0 Å². The van der Waals surface area contributed by atoms with Crippen LogP contribution in [-0.4, -0.2) is 11.1 Å². The number of anilines is 1. The van der Waals surface area contributed by atoms with Crippen LogP contribution in [0.4, 0.5) is 5.69 Å². The Kier molecular flexibility index (Phi) is 5.77. The molecule has 0 heterocycles. The number of rotatable bonds is 7. The van der Waals surface area contributed by atoms with E-state index in [2.05, 4.69) is 5.32 Å². The third-order valence-electron chi connectivity index (χ3n) is 3.85. The third kappa shape index (κ3) is 4.77. The zero-order chi connectivity index (χ0) is 18.4. The van der Waals surface area contributed by atoms with Gasteiger partial charge in [-0.05, 0) is 42.0 Å². The van der Waals surface area contributed by atoms with Crippen molar-refractivity contribution in [1.29, 1.82) is 0 Å². The lowest BCUT2D eigenvalue weighted by atomic mass is 10.1. The van der Waals surface area contributed by atoms with Crippen molar-refractivity contribution in [3.05, 3.63) is 94.5 Å². The molecule has 0 spiro atoms. The SMILES string of the molecule is O=C(O)c1cccc(NCc2ccccc2OCc2cccc(Cl)c2)c1. The van der Waals surface area contributed by atoms with Gasteiger partial charge in [0, 0.05) is 22.8 Å². The summed E-state index contributed by atoms with van der Waals surface area (Å²) >= 11 is 6.00. The van der Waals surface area contributed by atoms with E-state index in [4.69, 9.17) is 21.4 Å². The van der Waals surface area contributed by atoms with Gasteiger partial charge in [-0.2, -0.15) is 0 Å². The van der Waals surface area contributed by atoms with Gasteiger partial charge in [0.05, 0.1) is 5.56 Å². The lowest BCUT2D eigenvalue weighted by Gasteiger charge is -2.13. The maximum absolute atomic E-state index is 11.1. The lowest BCUT2D eigenvalue weighted by Crippen LogP contribution is -2.04. The molecule has 0 fully saturated rings. The Morgan fingerprint density at radius 3 is 2.62 bits per heavy atom. The quantitative estimate of drug-likeness (QED) is 0.600. The molecule has 0 radical (unpaired) electrons. The number of para-hydroxylation sites is 1. The average molecular weight is 368 g/mol. The summed E-state index contributed by atoms with van der Waals surface area (Å²) in [6, 6.07) is 22.0. The molecule has 3 rings (SSSR count). The van der Waals surface area contributed by atoms with Crippen molar-refractivity contribution in [2.75, 3.05) is 5.32 Å². The summed E-state index contributed by atoms with van der Waals surface area (Å²) in [6.45, 7) is 0.945. The minimum Gasteiger partial charge on any atom is -0.489 e. The lowest BCUT2D eigenvalue weighted by molar-refractivity contribution is 0.0697. The van der Waals surface area contributed by atoms with Crippen LogP contribution in [0.25, 0.3) is 0 Å². The summed E-state index contributed by atoms with van der Waals surface area (Å²) in [4.78, 5) is 11.1. The van der Waals surface area contributed by atoms with Crippen LogP contribution in [0.1, 0.15) is 21.5 Å². The number of nitrogens with one attached hydrogen (secondary N) is 1. The van der Waals surface area contributed by atoms with Gasteiger partial charge in [-0.1, -0.05) is 48.0 Å². The van der Waals surface area contributed by atoms with Gasteiger partial charge in [0.25, 0.3) is 0 Å². The number of aromatic carboxylic acids is 1. The van der Waals surface area contributed by atoms with E-state index in [-0.39, 0.29) is 5.56 Å². The minimum absolute atomic E-state index is 0.250. The summed E-state index contributed by atoms with van der Waals surface area (Å²) in [5.74, 6) is -0.173. The Balaban J connectivity index is 1.67. The van der Waals surface area contributed by atoms with Crippen molar-refractivity contribution in [1.82, 2.24) is 0 Å². The number of benzene rings is 3. The molecule has 0 unspecified atom stereocenters. The van der Waals surface area contributed by atoms with Crippen molar-refractivity contribution in [2.24, 2.45) is 0 Å². The zero-order valence-corrected chi connectivity index (χ0v) is 14.7. The fourth-order valence-corrected chi connectivity index (χ4v) is 2.75. The van der Waals surface area contributed by atoms with Gasteiger partial charge in [-0.25, -0.2) is 4.79 Å². The Bertz CT molecular complexity index is 911. The molecule has 0 saturated heterocycles. The summed E-state index contributed by atoms with van der Waals surface area (Å²) in [7, 11) is 0. The molecule has 5 heteroatoms. The van der Waals surface area contributed by atoms with Gasteiger partial charge in [0.1, 0.15) is 12.4 Å². The normalized spacial score (nSPS) is 10.3. The second-order valence-corrected chi connectivity index (χ2v) is 6.20.